The first-order valence-corrected chi connectivity index (χ1v) is 7.55. The zero-order chi connectivity index (χ0) is 13.4. The summed E-state index contributed by atoms with van der Waals surface area (Å²) in [4.78, 5) is 30.2. The number of amides is 2. The second-order valence-corrected chi connectivity index (χ2v) is 6.27. The Labute approximate surface area is 116 Å². The number of rotatable bonds is 1. The second-order valence-electron chi connectivity index (χ2n) is 5.21. The maximum Gasteiger partial charge on any atom is 0.274 e. The van der Waals surface area contributed by atoms with Crippen LogP contribution in [-0.4, -0.2) is 40.3 Å². The Balaban J connectivity index is 1.84. The van der Waals surface area contributed by atoms with E-state index in [2.05, 4.69) is 10.3 Å². The van der Waals surface area contributed by atoms with E-state index < -0.39 is 0 Å². The Hall–Kier alpha value is -1.43. The second kappa shape index (κ2) is 4.92. The number of carbonyl (C=O) groups is 2. The van der Waals surface area contributed by atoms with Crippen LogP contribution >= 0.6 is 11.3 Å². The summed E-state index contributed by atoms with van der Waals surface area (Å²) in [5.41, 5.74) is 0.474. The Morgan fingerprint density at radius 3 is 3.00 bits per heavy atom. The molecule has 1 aromatic rings. The third-order valence-electron chi connectivity index (χ3n) is 3.89. The molecule has 2 aliphatic rings. The Bertz CT molecular complexity index is 514. The lowest BCUT2D eigenvalue weighted by Crippen LogP contribution is -2.62. The van der Waals surface area contributed by atoms with Gasteiger partial charge in [0.2, 0.25) is 5.91 Å². The highest BCUT2D eigenvalue weighted by atomic mass is 32.1. The molecule has 1 N–H and O–H groups in total. The largest absolute Gasteiger partial charge is 0.350 e. The summed E-state index contributed by atoms with van der Waals surface area (Å²) in [5, 5.41) is 5.67. The molecule has 1 aliphatic carbocycles. The first-order valence-electron chi connectivity index (χ1n) is 6.67. The molecule has 2 atom stereocenters. The van der Waals surface area contributed by atoms with Crippen molar-refractivity contribution in [2.45, 2.75) is 44.7 Å². The lowest BCUT2D eigenvalue weighted by Gasteiger charge is -2.43. The summed E-state index contributed by atoms with van der Waals surface area (Å²) < 4.78 is 0. The van der Waals surface area contributed by atoms with Crippen LogP contribution in [0.4, 0.5) is 0 Å². The predicted molar refractivity (Wildman–Crippen MR) is 72.1 cm³/mol. The molecule has 2 amide bonds. The van der Waals surface area contributed by atoms with Gasteiger partial charge in [0, 0.05) is 11.4 Å². The standard InChI is InChI=1S/C13H17N3O2S/c1-8-14-10(7-19-8)13(18)16-6-12(17)15-9-4-2-3-5-11(9)16/h7,9,11H,2-6H2,1H3,(H,15,17). The van der Waals surface area contributed by atoms with Crippen LogP contribution in [0.1, 0.15) is 41.2 Å². The predicted octanol–water partition coefficient (Wildman–Crippen LogP) is 1.33. The van der Waals surface area contributed by atoms with Crippen LogP contribution in [-0.2, 0) is 4.79 Å². The first kappa shape index (κ1) is 12.6. The van der Waals surface area contributed by atoms with Crippen molar-refractivity contribution in [1.29, 1.82) is 0 Å². The molecule has 0 radical (unpaired) electrons. The topological polar surface area (TPSA) is 62.3 Å². The van der Waals surface area contributed by atoms with Crippen LogP contribution in [0.3, 0.4) is 0 Å². The smallest absolute Gasteiger partial charge is 0.274 e. The van der Waals surface area contributed by atoms with Crippen LogP contribution in [0.5, 0.6) is 0 Å². The molecular formula is C13H17N3O2S. The highest BCUT2D eigenvalue weighted by Crippen LogP contribution is 2.27. The van der Waals surface area contributed by atoms with Crippen molar-refractivity contribution in [1.82, 2.24) is 15.2 Å². The molecule has 1 aromatic heterocycles. The average molecular weight is 279 g/mol. The molecule has 2 fully saturated rings. The first-order chi connectivity index (χ1) is 9.15. The van der Waals surface area contributed by atoms with E-state index in [4.69, 9.17) is 0 Å². The summed E-state index contributed by atoms with van der Waals surface area (Å²) in [6.07, 6.45) is 4.19. The van der Waals surface area contributed by atoms with E-state index in [0.29, 0.717) is 5.69 Å². The number of carbonyl (C=O) groups excluding carboxylic acids is 2. The molecule has 0 bridgehead atoms. The van der Waals surface area contributed by atoms with Crippen molar-refractivity contribution in [3.63, 3.8) is 0 Å². The van der Waals surface area contributed by atoms with E-state index >= 15 is 0 Å². The Morgan fingerprint density at radius 2 is 2.26 bits per heavy atom. The number of piperazine rings is 1. The van der Waals surface area contributed by atoms with Gasteiger partial charge in [0.15, 0.2) is 0 Å². The average Bonchev–Trinajstić information content (AvgIpc) is 2.83. The zero-order valence-corrected chi connectivity index (χ0v) is 11.7. The molecule has 0 aromatic carbocycles. The summed E-state index contributed by atoms with van der Waals surface area (Å²) in [7, 11) is 0. The van der Waals surface area contributed by atoms with E-state index in [1.807, 2.05) is 6.92 Å². The number of hydrogen-bond acceptors (Lipinski definition) is 4. The molecule has 19 heavy (non-hydrogen) atoms. The molecule has 2 unspecified atom stereocenters. The Morgan fingerprint density at radius 1 is 1.47 bits per heavy atom. The third-order valence-corrected chi connectivity index (χ3v) is 4.66. The molecule has 5 nitrogen and oxygen atoms in total. The molecule has 1 saturated heterocycles. The fourth-order valence-electron chi connectivity index (χ4n) is 3.01. The van der Waals surface area contributed by atoms with Gasteiger partial charge in [-0.2, -0.15) is 0 Å². The fourth-order valence-corrected chi connectivity index (χ4v) is 3.60. The van der Waals surface area contributed by atoms with E-state index in [1.54, 1.807) is 10.3 Å². The van der Waals surface area contributed by atoms with Crippen molar-refractivity contribution >= 4 is 23.2 Å². The molecule has 6 heteroatoms. The summed E-state index contributed by atoms with van der Waals surface area (Å²) in [5.74, 6) is -0.153. The monoisotopic (exact) mass is 279 g/mol. The van der Waals surface area contributed by atoms with E-state index in [9.17, 15) is 9.59 Å². The minimum Gasteiger partial charge on any atom is -0.350 e. The minimum absolute atomic E-state index is 0.0524. The third kappa shape index (κ3) is 2.36. The van der Waals surface area contributed by atoms with Crippen molar-refractivity contribution in [3.05, 3.63) is 16.1 Å². The van der Waals surface area contributed by atoms with Gasteiger partial charge in [-0.15, -0.1) is 11.3 Å². The van der Waals surface area contributed by atoms with E-state index in [-0.39, 0.29) is 30.4 Å². The van der Waals surface area contributed by atoms with Gasteiger partial charge in [-0.05, 0) is 19.8 Å². The lowest BCUT2D eigenvalue weighted by molar-refractivity contribution is -0.127. The Kier molecular flexibility index (Phi) is 3.26. The summed E-state index contributed by atoms with van der Waals surface area (Å²) >= 11 is 1.47. The molecule has 3 rings (SSSR count). The summed E-state index contributed by atoms with van der Waals surface area (Å²) in [6.45, 7) is 2.05. The van der Waals surface area contributed by atoms with Crippen LogP contribution in [0, 0.1) is 6.92 Å². The van der Waals surface area contributed by atoms with Crippen LogP contribution in [0.2, 0.25) is 0 Å². The van der Waals surface area contributed by atoms with Crippen LogP contribution in [0.25, 0.3) is 0 Å². The van der Waals surface area contributed by atoms with E-state index in [0.717, 1.165) is 30.7 Å². The van der Waals surface area contributed by atoms with E-state index in [1.165, 1.54) is 11.3 Å². The highest BCUT2D eigenvalue weighted by Gasteiger charge is 2.39. The normalized spacial score (nSPS) is 26.8. The van der Waals surface area contributed by atoms with Gasteiger partial charge < -0.3 is 10.2 Å². The zero-order valence-electron chi connectivity index (χ0n) is 10.9. The van der Waals surface area contributed by atoms with Gasteiger partial charge in [0.05, 0.1) is 11.0 Å². The van der Waals surface area contributed by atoms with Gasteiger partial charge in [-0.3, -0.25) is 9.59 Å². The summed E-state index contributed by atoms with van der Waals surface area (Å²) in [6, 6.07) is 0.264. The number of aromatic nitrogens is 1. The van der Waals surface area contributed by atoms with Crippen molar-refractivity contribution in [2.75, 3.05) is 6.54 Å². The SMILES string of the molecule is Cc1nc(C(=O)N2CC(=O)NC3CCCCC32)cs1. The number of thiazole rings is 1. The number of hydrogen-bond donors (Lipinski definition) is 1. The van der Waals surface area contributed by atoms with Gasteiger partial charge in [-0.1, -0.05) is 12.8 Å². The molecule has 0 spiro atoms. The molecule has 102 valence electrons. The van der Waals surface area contributed by atoms with Crippen LogP contribution < -0.4 is 5.32 Å². The minimum atomic E-state index is -0.101. The molecule has 1 saturated carbocycles. The van der Waals surface area contributed by atoms with Crippen molar-refractivity contribution < 1.29 is 9.59 Å². The highest BCUT2D eigenvalue weighted by molar-refractivity contribution is 7.09. The number of nitrogens with zero attached hydrogens (tertiary/aromatic N) is 2. The van der Waals surface area contributed by atoms with Crippen molar-refractivity contribution in [3.8, 4) is 0 Å². The van der Waals surface area contributed by atoms with Gasteiger partial charge in [-0.25, -0.2) is 4.98 Å². The van der Waals surface area contributed by atoms with Gasteiger partial charge in [0.1, 0.15) is 12.2 Å². The maximum absolute atomic E-state index is 12.5. The quantitative estimate of drug-likeness (QED) is 0.843. The van der Waals surface area contributed by atoms with Gasteiger partial charge in [0.25, 0.3) is 5.91 Å². The lowest BCUT2D eigenvalue weighted by atomic mass is 9.87. The van der Waals surface area contributed by atoms with Gasteiger partial charge >= 0.3 is 0 Å². The van der Waals surface area contributed by atoms with Crippen LogP contribution in [0.15, 0.2) is 5.38 Å². The fraction of sp³-hybridized carbons (Fsp3) is 0.615. The number of fused-ring (bicyclic) bond motifs is 1. The van der Waals surface area contributed by atoms with Crippen molar-refractivity contribution in [2.24, 2.45) is 0 Å². The molecule has 2 heterocycles. The molecule has 1 aliphatic heterocycles. The number of nitrogens with one attached hydrogen (secondary N) is 1. The number of aryl methyl sites for hydroxylation is 1. The maximum atomic E-state index is 12.5. The molecular weight excluding hydrogens is 262 g/mol.